The van der Waals surface area contributed by atoms with E-state index in [0.29, 0.717) is 30.5 Å². The van der Waals surface area contributed by atoms with Crippen molar-refractivity contribution in [2.45, 2.75) is 38.1 Å². The van der Waals surface area contributed by atoms with Gasteiger partial charge in [-0.2, -0.15) is 4.31 Å². The second-order valence-electron chi connectivity index (χ2n) is 9.28. The Labute approximate surface area is 183 Å². The van der Waals surface area contributed by atoms with Gasteiger partial charge in [-0.15, -0.1) is 0 Å². The summed E-state index contributed by atoms with van der Waals surface area (Å²) >= 11 is 0. The molecule has 2 heterocycles. The van der Waals surface area contributed by atoms with Crippen LogP contribution in [0.5, 0.6) is 5.88 Å². The lowest BCUT2D eigenvalue weighted by atomic mass is 10.1. The van der Waals surface area contributed by atoms with Crippen molar-refractivity contribution in [1.29, 1.82) is 0 Å². The molecule has 4 rings (SSSR count). The van der Waals surface area contributed by atoms with Crippen LogP contribution >= 0.6 is 0 Å². The van der Waals surface area contributed by atoms with Crippen LogP contribution in [0.15, 0.2) is 47.5 Å². The Morgan fingerprint density at radius 2 is 1.81 bits per heavy atom. The lowest BCUT2D eigenvalue weighted by Crippen LogP contribution is -2.49. The quantitative estimate of drug-likeness (QED) is 0.710. The molecule has 1 saturated heterocycles. The van der Waals surface area contributed by atoms with Crippen LogP contribution in [0.25, 0.3) is 0 Å². The van der Waals surface area contributed by atoms with Crippen molar-refractivity contribution >= 4 is 15.9 Å². The fourth-order valence-electron chi connectivity index (χ4n) is 4.26. The number of nitrogens with one attached hydrogen (secondary N) is 1. The number of aromatic nitrogens is 1. The Bertz CT molecular complexity index is 1070. The highest BCUT2D eigenvalue weighted by atomic mass is 32.2. The van der Waals surface area contributed by atoms with Gasteiger partial charge in [-0.1, -0.05) is 23.8 Å². The number of sulfonamides is 1. The van der Waals surface area contributed by atoms with Crippen molar-refractivity contribution in [2.24, 2.45) is 17.8 Å². The Morgan fingerprint density at radius 1 is 1.16 bits per heavy atom. The molecule has 1 N–H and O–H groups in total. The van der Waals surface area contributed by atoms with Gasteiger partial charge in [0.25, 0.3) is 0 Å². The van der Waals surface area contributed by atoms with Gasteiger partial charge in [-0.25, -0.2) is 13.4 Å². The van der Waals surface area contributed by atoms with Crippen LogP contribution in [-0.2, 0) is 14.8 Å². The fourth-order valence-corrected chi connectivity index (χ4v) is 5.77. The van der Waals surface area contributed by atoms with Crippen LogP contribution in [0.2, 0.25) is 0 Å². The molecule has 1 aromatic carbocycles. The first kappa shape index (κ1) is 21.8. The molecule has 0 radical (unpaired) electrons. The Hall–Kier alpha value is -2.45. The van der Waals surface area contributed by atoms with Gasteiger partial charge in [0.15, 0.2) is 0 Å². The van der Waals surface area contributed by atoms with Crippen molar-refractivity contribution < 1.29 is 17.9 Å². The van der Waals surface area contributed by atoms with Crippen LogP contribution in [0.4, 0.5) is 0 Å². The van der Waals surface area contributed by atoms with Gasteiger partial charge in [0.1, 0.15) is 6.61 Å². The van der Waals surface area contributed by atoms with Gasteiger partial charge in [0.2, 0.25) is 21.8 Å². The van der Waals surface area contributed by atoms with Crippen LogP contribution in [0.1, 0.15) is 25.0 Å². The van der Waals surface area contributed by atoms with Crippen LogP contribution in [0, 0.1) is 31.6 Å². The van der Waals surface area contributed by atoms with Crippen LogP contribution in [-0.4, -0.2) is 48.8 Å². The van der Waals surface area contributed by atoms with Gasteiger partial charge in [0.05, 0.1) is 10.4 Å². The zero-order valence-corrected chi connectivity index (χ0v) is 19.1. The summed E-state index contributed by atoms with van der Waals surface area (Å²) in [4.78, 5) is 17.4. The van der Waals surface area contributed by atoms with Crippen molar-refractivity contribution in [3.05, 3.63) is 53.7 Å². The molecule has 1 aromatic heterocycles. The molecular weight excluding hydrogens is 414 g/mol. The largest absolute Gasteiger partial charge is 0.475 e. The second kappa shape index (κ2) is 7.91. The highest BCUT2D eigenvalue weighted by Crippen LogP contribution is 2.53. The number of piperidine rings is 1. The molecule has 8 heteroatoms. The third kappa shape index (κ3) is 4.45. The zero-order chi connectivity index (χ0) is 22.4. The number of benzene rings is 1. The molecule has 1 aliphatic carbocycles. The average molecular weight is 444 g/mol. The number of aryl methyl sites for hydroxylation is 2. The van der Waals surface area contributed by atoms with E-state index in [-0.39, 0.29) is 23.7 Å². The van der Waals surface area contributed by atoms with Gasteiger partial charge >= 0.3 is 0 Å². The molecule has 2 aromatic rings. The van der Waals surface area contributed by atoms with E-state index in [4.69, 9.17) is 4.74 Å². The second-order valence-corrected chi connectivity index (χ2v) is 11.2. The van der Waals surface area contributed by atoms with Crippen molar-refractivity contribution in [1.82, 2.24) is 14.6 Å². The van der Waals surface area contributed by atoms with E-state index in [9.17, 15) is 13.2 Å². The minimum absolute atomic E-state index is 0.0336. The molecule has 1 saturated carbocycles. The first-order valence-corrected chi connectivity index (χ1v) is 12.0. The SMILES string of the molecule is Cc1ccc(S(=O)(=O)N2CC3C(C2)C3C(=O)NC(C)(C)COc2ncccc2C)cc1. The molecule has 2 unspecified atom stereocenters. The highest BCUT2D eigenvalue weighted by molar-refractivity contribution is 7.89. The third-order valence-electron chi connectivity index (χ3n) is 6.11. The van der Waals surface area contributed by atoms with Crippen LogP contribution in [0.3, 0.4) is 0 Å². The Morgan fingerprint density at radius 3 is 2.42 bits per heavy atom. The highest BCUT2D eigenvalue weighted by Gasteiger charge is 2.61. The number of fused-ring (bicyclic) bond motifs is 1. The van der Waals surface area contributed by atoms with Crippen LogP contribution < -0.4 is 10.1 Å². The van der Waals surface area contributed by atoms with E-state index in [1.807, 2.05) is 39.8 Å². The molecule has 2 fully saturated rings. The number of rotatable bonds is 7. The van der Waals surface area contributed by atoms with Gasteiger partial charge in [0, 0.05) is 30.8 Å². The summed E-state index contributed by atoms with van der Waals surface area (Å²) in [5, 5.41) is 3.07. The number of carbonyl (C=O) groups is 1. The summed E-state index contributed by atoms with van der Waals surface area (Å²) in [5.74, 6) is 0.545. The number of hydrogen-bond acceptors (Lipinski definition) is 5. The monoisotopic (exact) mass is 443 g/mol. The normalized spacial score (nSPS) is 23.3. The summed E-state index contributed by atoms with van der Waals surface area (Å²) < 4.78 is 33.0. The summed E-state index contributed by atoms with van der Waals surface area (Å²) in [6, 6.07) is 10.7. The maximum Gasteiger partial charge on any atom is 0.243 e. The van der Waals surface area contributed by atoms with E-state index >= 15 is 0 Å². The van der Waals surface area contributed by atoms with Gasteiger partial charge in [-0.05, 0) is 57.7 Å². The van der Waals surface area contributed by atoms with E-state index in [1.165, 1.54) is 4.31 Å². The Balaban J connectivity index is 1.31. The summed E-state index contributed by atoms with van der Waals surface area (Å²) in [7, 11) is -3.51. The molecule has 1 aliphatic heterocycles. The molecule has 2 atom stereocenters. The van der Waals surface area contributed by atoms with Crippen molar-refractivity contribution in [3.63, 3.8) is 0 Å². The molecule has 31 heavy (non-hydrogen) atoms. The Kier molecular flexibility index (Phi) is 5.55. The number of pyridine rings is 1. The smallest absolute Gasteiger partial charge is 0.243 e. The summed E-state index contributed by atoms with van der Waals surface area (Å²) in [6.07, 6.45) is 1.68. The van der Waals surface area contributed by atoms with Crippen molar-refractivity contribution in [3.8, 4) is 5.88 Å². The minimum atomic E-state index is -3.51. The van der Waals surface area contributed by atoms with Crippen molar-refractivity contribution in [2.75, 3.05) is 19.7 Å². The summed E-state index contributed by atoms with van der Waals surface area (Å²) in [6.45, 7) is 8.76. The molecule has 0 spiro atoms. The van der Waals surface area contributed by atoms with E-state index in [0.717, 1.165) is 11.1 Å². The minimum Gasteiger partial charge on any atom is -0.475 e. The molecule has 1 amide bonds. The molecule has 0 bridgehead atoms. The summed E-state index contributed by atoms with van der Waals surface area (Å²) in [5.41, 5.74) is 1.40. The zero-order valence-electron chi connectivity index (χ0n) is 18.3. The standard InChI is InChI=1S/C23H29N3O4S/c1-15-7-9-17(10-8-15)31(28,29)26-12-18-19(13-26)20(18)21(27)25-23(3,4)14-30-22-16(2)6-5-11-24-22/h5-11,18-20H,12-14H2,1-4H3,(H,25,27). The molecule has 166 valence electrons. The first-order valence-electron chi connectivity index (χ1n) is 10.5. The fraction of sp³-hybridized carbons (Fsp3) is 0.478. The topological polar surface area (TPSA) is 88.6 Å². The molecule has 2 aliphatic rings. The van der Waals surface area contributed by atoms with E-state index in [2.05, 4.69) is 10.3 Å². The first-order chi connectivity index (χ1) is 14.6. The lowest BCUT2D eigenvalue weighted by molar-refractivity contribution is -0.125. The number of nitrogens with zero attached hydrogens (tertiary/aromatic N) is 2. The molecular formula is C23H29N3O4S. The number of amides is 1. The van der Waals surface area contributed by atoms with Gasteiger partial charge in [-0.3, -0.25) is 4.79 Å². The predicted octanol–water partition coefficient (Wildman–Crippen LogP) is 2.54. The lowest BCUT2D eigenvalue weighted by Gasteiger charge is -2.27. The van der Waals surface area contributed by atoms with E-state index < -0.39 is 15.6 Å². The molecule has 7 nitrogen and oxygen atoms in total. The van der Waals surface area contributed by atoms with Gasteiger partial charge < -0.3 is 10.1 Å². The maximum atomic E-state index is 12.9. The van der Waals surface area contributed by atoms with E-state index in [1.54, 1.807) is 30.5 Å². The number of ether oxygens (including phenoxy) is 1. The third-order valence-corrected chi connectivity index (χ3v) is 7.96. The number of carbonyl (C=O) groups excluding carboxylic acids is 1. The number of hydrogen-bond donors (Lipinski definition) is 1. The predicted molar refractivity (Wildman–Crippen MR) is 117 cm³/mol. The average Bonchev–Trinajstić information content (AvgIpc) is 3.21. The maximum absolute atomic E-state index is 12.9.